The summed E-state index contributed by atoms with van der Waals surface area (Å²) in [7, 11) is 0. The van der Waals surface area contributed by atoms with Gasteiger partial charge in [0.2, 0.25) is 0 Å². The van der Waals surface area contributed by atoms with Crippen LogP contribution in [0.2, 0.25) is 0 Å². The van der Waals surface area contributed by atoms with Gasteiger partial charge in [-0.15, -0.1) is 0 Å². The second kappa shape index (κ2) is 7.84. The van der Waals surface area contributed by atoms with E-state index in [0.29, 0.717) is 4.91 Å². The Morgan fingerprint density at radius 2 is 1.70 bits per heavy atom. The van der Waals surface area contributed by atoms with Crippen molar-refractivity contribution < 1.29 is 14.3 Å². The molecule has 0 saturated carbocycles. The van der Waals surface area contributed by atoms with Crippen LogP contribution in [0.3, 0.4) is 0 Å². The van der Waals surface area contributed by atoms with Crippen molar-refractivity contribution in [1.82, 2.24) is 0 Å². The van der Waals surface area contributed by atoms with Crippen LogP contribution < -0.4 is 5.32 Å². The molecule has 0 spiro atoms. The monoisotopic (exact) mass is 379 g/mol. The van der Waals surface area contributed by atoms with E-state index in [1.807, 2.05) is 75.4 Å². The Morgan fingerprint density at radius 1 is 1.04 bits per heavy atom. The molecule has 27 heavy (non-hydrogen) atoms. The summed E-state index contributed by atoms with van der Waals surface area (Å²) in [5.41, 5.74) is 2.14. The first-order chi connectivity index (χ1) is 12.8. The maximum atomic E-state index is 12.3. The van der Waals surface area contributed by atoms with Gasteiger partial charge in [0.15, 0.2) is 0 Å². The average Bonchev–Trinajstić information content (AvgIpc) is 2.60. The number of hydrogen-bond acceptors (Lipinski definition) is 4. The van der Waals surface area contributed by atoms with E-state index in [2.05, 4.69) is 5.32 Å². The molecule has 1 heterocycles. The van der Waals surface area contributed by atoms with Crippen molar-refractivity contribution in [2.75, 3.05) is 5.32 Å². The van der Waals surface area contributed by atoms with Crippen molar-refractivity contribution in [3.8, 4) is 0 Å². The standard InChI is InChI=1S/C22H21NO3S/c1-22(2,3)26-20(24)13-12-15-8-10-16(11-9-15)14-19-21(25)23-17-6-4-5-7-18(17)27-19/h4-14H,1-3H3,(H,23,25)/b13-12+,19-14+. The number of nitrogens with one attached hydrogen (secondary N) is 1. The van der Waals surface area contributed by atoms with Crippen LogP contribution in [-0.2, 0) is 14.3 Å². The minimum atomic E-state index is -0.506. The van der Waals surface area contributed by atoms with E-state index in [1.165, 1.54) is 17.8 Å². The number of thioether (sulfide) groups is 1. The SMILES string of the molecule is CC(C)(C)OC(=O)/C=C/c1ccc(/C=C2/Sc3ccccc3NC2=O)cc1. The summed E-state index contributed by atoms with van der Waals surface area (Å²) in [4.78, 5) is 25.7. The molecule has 0 saturated heterocycles. The Labute approximate surface area is 163 Å². The fourth-order valence-electron chi connectivity index (χ4n) is 2.46. The van der Waals surface area contributed by atoms with Crippen LogP contribution in [0, 0.1) is 0 Å². The van der Waals surface area contributed by atoms with Gasteiger partial charge in [-0.2, -0.15) is 0 Å². The van der Waals surface area contributed by atoms with E-state index >= 15 is 0 Å². The van der Waals surface area contributed by atoms with Crippen molar-refractivity contribution in [2.24, 2.45) is 0 Å². The Kier molecular flexibility index (Phi) is 5.51. The number of fused-ring (bicyclic) bond motifs is 1. The molecule has 0 fully saturated rings. The summed E-state index contributed by atoms with van der Waals surface area (Å²) in [6.45, 7) is 5.50. The van der Waals surface area contributed by atoms with E-state index in [-0.39, 0.29) is 11.9 Å². The zero-order valence-corrected chi connectivity index (χ0v) is 16.3. The molecule has 1 aliphatic rings. The molecule has 0 aromatic heterocycles. The molecule has 4 nitrogen and oxygen atoms in total. The van der Waals surface area contributed by atoms with Crippen LogP contribution in [0.1, 0.15) is 31.9 Å². The lowest BCUT2D eigenvalue weighted by Crippen LogP contribution is -2.22. The highest BCUT2D eigenvalue weighted by atomic mass is 32.2. The topological polar surface area (TPSA) is 55.4 Å². The largest absolute Gasteiger partial charge is 0.457 e. The third kappa shape index (κ3) is 5.34. The van der Waals surface area contributed by atoms with Gasteiger partial charge < -0.3 is 10.1 Å². The maximum Gasteiger partial charge on any atom is 0.331 e. The Morgan fingerprint density at radius 3 is 2.41 bits per heavy atom. The minimum absolute atomic E-state index is 0.104. The third-order valence-electron chi connectivity index (χ3n) is 3.63. The molecule has 0 bridgehead atoms. The van der Waals surface area contributed by atoms with Crippen LogP contribution in [0.15, 0.2) is 64.4 Å². The van der Waals surface area contributed by atoms with Crippen molar-refractivity contribution in [1.29, 1.82) is 0 Å². The second-order valence-electron chi connectivity index (χ2n) is 7.09. The fraction of sp³-hybridized carbons (Fsp3) is 0.182. The minimum Gasteiger partial charge on any atom is -0.457 e. The summed E-state index contributed by atoms with van der Waals surface area (Å²) in [6.07, 6.45) is 4.99. The molecule has 1 amide bonds. The Hall–Kier alpha value is -2.79. The summed E-state index contributed by atoms with van der Waals surface area (Å²) < 4.78 is 5.24. The van der Waals surface area contributed by atoms with Gasteiger partial charge in [-0.25, -0.2) is 4.79 Å². The van der Waals surface area contributed by atoms with Crippen molar-refractivity contribution in [3.05, 3.63) is 70.6 Å². The molecule has 2 aromatic rings. The van der Waals surface area contributed by atoms with Crippen LogP contribution >= 0.6 is 11.8 Å². The molecule has 2 aromatic carbocycles. The Balaban J connectivity index is 1.70. The average molecular weight is 379 g/mol. The fourth-order valence-corrected chi connectivity index (χ4v) is 3.41. The van der Waals surface area contributed by atoms with Crippen LogP contribution in [0.4, 0.5) is 5.69 Å². The number of esters is 1. The molecule has 0 unspecified atom stereocenters. The predicted molar refractivity (Wildman–Crippen MR) is 110 cm³/mol. The molecule has 0 atom stereocenters. The van der Waals surface area contributed by atoms with Crippen LogP contribution in [0.5, 0.6) is 0 Å². The van der Waals surface area contributed by atoms with Crippen molar-refractivity contribution in [2.45, 2.75) is 31.3 Å². The van der Waals surface area contributed by atoms with E-state index in [1.54, 1.807) is 6.08 Å². The number of amides is 1. The lowest BCUT2D eigenvalue weighted by molar-refractivity contribution is -0.148. The number of rotatable bonds is 3. The molecular formula is C22H21NO3S. The number of anilines is 1. The number of carbonyl (C=O) groups is 2. The summed E-state index contributed by atoms with van der Waals surface area (Å²) >= 11 is 1.46. The smallest absolute Gasteiger partial charge is 0.331 e. The van der Waals surface area contributed by atoms with E-state index in [4.69, 9.17) is 4.74 Å². The van der Waals surface area contributed by atoms with Crippen LogP contribution in [0.25, 0.3) is 12.2 Å². The maximum absolute atomic E-state index is 12.3. The highest BCUT2D eigenvalue weighted by Crippen LogP contribution is 2.38. The van der Waals surface area contributed by atoms with Crippen molar-refractivity contribution in [3.63, 3.8) is 0 Å². The van der Waals surface area contributed by atoms with E-state index < -0.39 is 5.60 Å². The van der Waals surface area contributed by atoms with Gasteiger partial charge >= 0.3 is 5.97 Å². The zero-order chi connectivity index (χ0) is 19.4. The highest BCUT2D eigenvalue weighted by Gasteiger charge is 2.20. The number of hydrogen-bond donors (Lipinski definition) is 1. The van der Waals surface area contributed by atoms with Gasteiger partial charge in [0, 0.05) is 11.0 Å². The Bertz CT molecular complexity index is 921. The predicted octanol–water partition coefficient (Wildman–Crippen LogP) is 5.13. The van der Waals surface area contributed by atoms with Gasteiger partial charge in [0.05, 0.1) is 10.6 Å². The normalized spacial score (nSPS) is 15.5. The van der Waals surface area contributed by atoms with E-state index in [9.17, 15) is 9.59 Å². The molecule has 138 valence electrons. The van der Waals surface area contributed by atoms with Crippen LogP contribution in [-0.4, -0.2) is 17.5 Å². The molecule has 1 N–H and O–H groups in total. The number of ether oxygens (including phenoxy) is 1. The highest BCUT2D eigenvalue weighted by molar-refractivity contribution is 8.04. The lowest BCUT2D eigenvalue weighted by Gasteiger charge is -2.18. The number of para-hydroxylation sites is 1. The second-order valence-corrected chi connectivity index (χ2v) is 8.18. The number of benzene rings is 2. The summed E-state index contributed by atoms with van der Waals surface area (Å²) in [5, 5.41) is 2.90. The van der Waals surface area contributed by atoms with Gasteiger partial charge in [-0.05, 0) is 56.2 Å². The van der Waals surface area contributed by atoms with Gasteiger partial charge in [-0.3, -0.25) is 4.79 Å². The zero-order valence-electron chi connectivity index (χ0n) is 15.5. The molecule has 0 radical (unpaired) electrons. The quantitative estimate of drug-likeness (QED) is 0.593. The summed E-state index contributed by atoms with van der Waals surface area (Å²) in [5.74, 6) is -0.477. The summed E-state index contributed by atoms with van der Waals surface area (Å²) in [6, 6.07) is 15.3. The third-order valence-corrected chi connectivity index (χ3v) is 4.73. The van der Waals surface area contributed by atoms with Crippen molar-refractivity contribution >= 4 is 41.5 Å². The van der Waals surface area contributed by atoms with Gasteiger partial charge in [0.1, 0.15) is 5.60 Å². The van der Waals surface area contributed by atoms with Gasteiger partial charge in [-0.1, -0.05) is 48.2 Å². The first-order valence-electron chi connectivity index (χ1n) is 8.61. The first kappa shape index (κ1) is 19.0. The molecule has 0 aliphatic carbocycles. The van der Waals surface area contributed by atoms with E-state index in [0.717, 1.165) is 21.7 Å². The van der Waals surface area contributed by atoms with Gasteiger partial charge in [0.25, 0.3) is 5.91 Å². The molecule has 5 heteroatoms. The molecule has 3 rings (SSSR count). The molecule has 1 aliphatic heterocycles. The lowest BCUT2D eigenvalue weighted by atomic mass is 10.1. The first-order valence-corrected chi connectivity index (χ1v) is 9.43. The number of carbonyl (C=O) groups excluding carboxylic acids is 2. The molecular weight excluding hydrogens is 358 g/mol.